The molecule has 5 heteroatoms. The van der Waals surface area contributed by atoms with Gasteiger partial charge >= 0.3 is 6.00 Å². The van der Waals surface area contributed by atoms with E-state index >= 15 is 0 Å². The molecular weight excluding hydrogens is 539 g/mol. The lowest BCUT2D eigenvalue weighted by atomic mass is 10.0. The summed E-state index contributed by atoms with van der Waals surface area (Å²) in [4.78, 5) is 0. The number of alkyl halides is 1. The molecule has 0 aliphatic rings. The van der Waals surface area contributed by atoms with Crippen molar-refractivity contribution in [2.24, 2.45) is 0 Å². The van der Waals surface area contributed by atoms with E-state index in [9.17, 15) is 0 Å². The zero-order chi connectivity index (χ0) is 23.6. The highest BCUT2D eigenvalue weighted by Gasteiger charge is 2.23. The number of hydrogen-bond acceptors (Lipinski definition) is 0. The van der Waals surface area contributed by atoms with E-state index in [1.54, 1.807) is 0 Å². The summed E-state index contributed by atoms with van der Waals surface area (Å²) in [7, 11) is 0. The SMILES string of the molecule is Cl[Si](Cl)(Cl)CCCCCCCCCCCCCCCCCCCCCCCCCCCBr. The van der Waals surface area contributed by atoms with Gasteiger partial charge in [0.25, 0.3) is 0 Å². The Balaban J connectivity index is 3.02. The highest BCUT2D eigenvalue weighted by Crippen LogP contribution is 2.27. The second kappa shape index (κ2) is 27.2. The average molecular weight is 593 g/mol. The molecule has 0 aromatic rings. The van der Waals surface area contributed by atoms with Crippen LogP contribution >= 0.6 is 49.2 Å². The Hall–Kier alpha value is 1.57. The summed E-state index contributed by atoms with van der Waals surface area (Å²) < 4.78 is 0. The van der Waals surface area contributed by atoms with Crippen molar-refractivity contribution in [1.82, 2.24) is 0 Å². The lowest BCUT2D eigenvalue weighted by Gasteiger charge is -2.07. The van der Waals surface area contributed by atoms with E-state index in [1.165, 1.54) is 159 Å². The van der Waals surface area contributed by atoms with Crippen LogP contribution in [0.1, 0.15) is 161 Å². The second-order valence-electron chi connectivity index (χ2n) is 9.89. The molecule has 0 amide bonds. The predicted octanol–water partition coefficient (Wildman–Crippen LogP) is 12.8. The summed E-state index contributed by atoms with van der Waals surface area (Å²) >= 11 is 21.2. The highest BCUT2D eigenvalue weighted by molar-refractivity contribution is 9.09. The summed E-state index contributed by atoms with van der Waals surface area (Å²) in [6.07, 6.45) is 35.4. The van der Waals surface area contributed by atoms with Crippen molar-refractivity contribution >= 4 is 55.2 Å². The largest absolute Gasteiger partial charge is 0.341 e. The predicted molar refractivity (Wildman–Crippen MR) is 157 cm³/mol. The average Bonchev–Trinajstić information content (AvgIpc) is 2.75. The van der Waals surface area contributed by atoms with Gasteiger partial charge in [-0.2, -0.15) is 0 Å². The van der Waals surface area contributed by atoms with Crippen LogP contribution in [0.5, 0.6) is 0 Å². The summed E-state index contributed by atoms with van der Waals surface area (Å²) in [5.74, 6) is 0. The van der Waals surface area contributed by atoms with Gasteiger partial charge in [-0.05, 0) is 12.5 Å². The Morgan fingerprint density at radius 1 is 0.312 bits per heavy atom. The summed E-state index contributed by atoms with van der Waals surface area (Å²) in [6, 6.07) is -1.53. The summed E-state index contributed by atoms with van der Waals surface area (Å²) in [5.41, 5.74) is 0. The van der Waals surface area contributed by atoms with Gasteiger partial charge in [0.1, 0.15) is 0 Å². The van der Waals surface area contributed by atoms with Crippen LogP contribution in [0.2, 0.25) is 6.04 Å². The first-order valence-electron chi connectivity index (χ1n) is 14.2. The molecule has 0 N–H and O–H groups in total. The second-order valence-corrected chi connectivity index (χ2v) is 20.0. The molecule has 0 saturated carbocycles. The molecule has 0 heterocycles. The molecule has 0 spiro atoms. The van der Waals surface area contributed by atoms with Crippen LogP contribution in [-0.4, -0.2) is 11.3 Å². The molecule has 0 rings (SSSR count). The first-order chi connectivity index (χ1) is 15.6. The fourth-order valence-corrected chi connectivity index (χ4v) is 6.74. The molecule has 0 aliphatic heterocycles. The summed E-state index contributed by atoms with van der Waals surface area (Å²) in [6.45, 7) is 0. The van der Waals surface area contributed by atoms with Crippen molar-refractivity contribution in [3.8, 4) is 0 Å². The van der Waals surface area contributed by atoms with Crippen LogP contribution in [0.3, 0.4) is 0 Å². The van der Waals surface area contributed by atoms with Crippen LogP contribution in [-0.2, 0) is 0 Å². The molecule has 0 aromatic carbocycles. The number of rotatable bonds is 27. The molecule has 0 bridgehead atoms. The maximum absolute atomic E-state index is 5.91. The van der Waals surface area contributed by atoms with E-state index in [-0.39, 0.29) is 0 Å². The molecule has 32 heavy (non-hydrogen) atoms. The third-order valence-electron chi connectivity index (χ3n) is 6.59. The Kier molecular flexibility index (Phi) is 28.5. The van der Waals surface area contributed by atoms with Crippen molar-refractivity contribution in [2.45, 2.75) is 167 Å². The van der Waals surface area contributed by atoms with E-state index in [4.69, 9.17) is 33.2 Å². The van der Waals surface area contributed by atoms with Crippen LogP contribution in [0.25, 0.3) is 0 Å². The van der Waals surface area contributed by atoms with E-state index in [0.29, 0.717) is 0 Å². The Morgan fingerprint density at radius 2 is 0.500 bits per heavy atom. The zero-order valence-electron chi connectivity index (χ0n) is 21.1. The van der Waals surface area contributed by atoms with Gasteiger partial charge in [0.15, 0.2) is 0 Å². The van der Waals surface area contributed by atoms with Crippen LogP contribution in [0.4, 0.5) is 0 Å². The van der Waals surface area contributed by atoms with Gasteiger partial charge < -0.3 is 0 Å². The monoisotopic (exact) mass is 590 g/mol. The van der Waals surface area contributed by atoms with Crippen molar-refractivity contribution in [3.63, 3.8) is 0 Å². The maximum Gasteiger partial charge on any atom is 0.341 e. The molecule has 0 aliphatic carbocycles. The Morgan fingerprint density at radius 3 is 0.688 bits per heavy atom. The molecule has 0 nitrogen and oxygen atoms in total. The number of hydrogen-bond donors (Lipinski definition) is 0. The third-order valence-corrected chi connectivity index (χ3v) is 9.78. The minimum Gasteiger partial charge on any atom is -0.126 e. The van der Waals surface area contributed by atoms with E-state index in [2.05, 4.69) is 15.9 Å². The van der Waals surface area contributed by atoms with Gasteiger partial charge in [-0.15, -0.1) is 33.2 Å². The highest BCUT2D eigenvalue weighted by atomic mass is 79.9. The molecule has 0 saturated heterocycles. The summed E-state index contributed by atoms with van der Waals surface area (Å²) in [5, 5.41) is 1.18. The quantitative estimate of drug-likeness (QED) is 0.0385. The van der Waals surface area contributed by atoms with Crippen molar-refractivity contribution in [1.29, 1.82) is 0 Å². The molecule has 0 atom stereocenters. The van der Waals surface area contributed by atoms with Crippen LogP contribution < -0.4 is 0 Å². The zero-order valence-corrected chi connectivity index (χ0v) is 26.0. The molecule has 0 aromatic heterocycles. The molecule has 0 radical (unpaired) electrons. The Labute approximate surface area is 226 Å². The van der Waals surface area contributed by atoms with Gasteiger partial charge in [0.05, 0.1) is 0 Å². The Bertz CT molecular complexity index is 350. The standard InChI is InChI=1S/C27H54BrCl3Si/c28-26-24-22-20-18-16-14-12-10-8-6-4-2-1-3-5-7-9-11-13-15-17-19-21-23-25-27-32(29,30)31/h1-27H2. The lowest BCUT2D eigenvalue weighted by molar-refractivity contribution is 0.517. The first-order valence-corrected chi connectivity index (χ1v) is 20.6. The number of unbranched alkanes of at least 4 members (excludes halogenated alkanes) is 24. The van der Waals surface area contributed by atoms with E-state index in [0.717, 1.165) is 12.5 Å². The van der Waals surface area contributed by atoms with Gasteiger partial charge in [-0.3, -0.25) is 0 Å². The van der Waals surface area contributed by atoms with Gasteiger partial charge in [-0.25, -0.2) is 0 Å². The number of halogens is 4. The fraction of sp³-hybridized carbons (Fsp3) is 1.00. The van der Waals surface area contributed by atoms with Crippen LogP contribution in [0, 0.1) is 0 Å². The molecular formula is C27H54BrCl3Si. The lowest BCUT2D eigenvalue weighted by Crippen LogP contribution is -2.07. The minimum absolute atomic E-state index is 0.829. The topological polar surface area (TPSA) is 0 Å². The first kappa shape index (κ1) is 33.6. The van der Waals surface area contributed by atoms with Crippen molar-refractivity contribution < 1.29 is 0 Å². The van der Waals surface area contributed by atoms with E-state index in [1.807, 2.05) is 0 Å². The van der Waals surface area contributed by atoms with Gasteiger partial charge in [0.2, 0.25) is 0 Å². The normalized spacial score (nSPS) is 12.0. The molecule has 0 unspecified atom stereocenters. The fourth-order valence-electron chi connectivity index (χ4n) is 4.49. The molecule has 0 fully saturated rings. The van der Waals surface area contributed by atoms with Gasteiger partial charge in [0, 0.05) is 5.33 Å². The third kappa shape index (κ3) is 31.6. The van der Waals surface area contributed by atoms with Crippen LogP contribution in [0.15, 0.2) is 0 Å². The van der Waals surface area contributed by atoms with Gasteiger partial charge in [-0.1, -0.05) is 170 Å². The minimum atomic E-state index is -2.36. The van der Waals surface area contributed by atoms with Crippen molar-refractivity contribution in [3.05, 3.63) is 0 Å². The smallest absolute Gasteiger partial charge is 0.126 e. The van der Waals surface area contributed by atoms with E-state index < -0.39 is 6.00 Å². The maximum atomic E-state index is 5.91. The molecule has 194 valence electrons. The van der Waals surface area contributed by atoms with Crippen molar-refractivity contribution in [2.75, 3.05) is 5.33 Å².